The molecule has 0 bridgehead atoms. The molecule has 0 aromatic heterocycles. The van der Waals surface area contributed by atoms with Crippen LogP contribution < -0.4 is 21.7 Å². The summed E-state index contributed by atoms with van der Waals surface area (Å²) in [5.74, 6) is -0.318. The Labute approximate surface area is 234 Å². The minimum absolute atomic E-state index is 0.0109. The molecule has 8 nitrogen and oxygen atoms in total. The van der Waals surface area contributed by atoms with E-state index in [1.54, 1.807) is 43.3 Å². The number of aromatic hydroxyl groups is 1. The molecule has 8 heteroatoms. The number of fused-ring (bicyclic) bond motifs is 1. The van der Waals surface area contributed by atoms with Crippen LogP contribution in [0.15, 0.2) is 91.0 Å². The van der Waals surface area contributed by atoms with Crippen molar-refractivity contribution < 1.29 is 14.7 Å². The number of amidine groups is 1. The fourth-order valence-electron chi connectivity index (χ4n) is 4.44. The van der Waals surface area contributed by atoms with Gasteiger partial charge in [0.25, 0.3) is 0 Å². The van der Waals surface area contributed by atoms with Gasteiger partial charge in [-0.05, 0) is 65.4 Å². The van der Waals surface area contributed by atoms with Crippen LogP contribution in [0.25, 0.3) is 10.8 Å². The number of hydrogen-bond acceptors (Lipinski definition) is 5. The van der Waals surface area contributed by atoms with Crippen molar-refractivity contribution in [3.8, 4) is 5.75 Å². The van der Waals surface area contributed by atoms with Gasteiger partial charge in [-0.3, -0.25) is 15.0 Å². The highest BCUT2D eigenvalue weighted by molar-refractivity contribution is 5.95. The van der Waals surface area contributed by atoms with Crippen LogP contribution in [0.1, 0.15) is 35.6 Å². The first kappa shape index (κ1) is 28.3. The number of nitrogens with two attached hydrogens (primary N) is 1. The zero-order valence-corrected chi connectivity index (χ0v) is 22.5. The highest BCUT2D eigenvalue weighted by Gasteiger charge is 2.22. The van der Waals surface area contributed by atoms with E-state index < -0.39 is 12.1 Å². The lowest BCUT2D eigenvalue weighted by atomic mass is 10.0. The highest BCUT2D eigenvalue weighted by atomic mass is 16.3. The summed E-state index contributed by atoms with van der Waals surface area (Å²) >= 11 is 0. The number of aryl methyl sites for hydroxylation is 1. The van der Waals surface area contributed by atoms with E-state index in [0.717, 1.165) is 27.5 Å². The van der Waals surface area contributed by atoms with Crippen LogP contribution in [0.3, 0.4) is 0 Å². The number of phenols is 1. The average molecular weight is 538 g/mol. The van der Waals surface area contributed by atoms with Crippen molar-refractivity contribution in [3.63, 3.8) is 0 Å². The van der Waals surface area contributed by atoms with E-state index in [4.69, 9.17) is 11.1 Å². The van der Waals surface area contributed by atoms with Crippen molar-refractivity contribution in [2.24, 2.45) is 5.73 Å². The van der Waals surface area contributed by atoms with Gasteiger partial charge in [0.2, 0.25) is 11.8 Å². The van der Waals surface area contributed by atoms with Gasteiger partial charge in [0.05, 0.1) is 6.04 Å². The highest BCUT2D eigenvalue weighted by Crippen LogP contribution is 2.21. The Morgan fingerprint density at radius 1 is 0.825 bits per heavy atom. The first-order valence-electron chi connectivity index (χ1n) is 13.3. The maximum absolute atomic E-state index is 13.3. The van der Waals surface area contributed by atoms with Gasteiger partial charge in [-0.25, -0.2) is 0 Å². The van der Waals surface area contributed by atoms with Crippen LogP contribution in [0, 0.1) is 5.41 Å². The molecule has 4 rings (SSSR count). The van der Waals surface area contributed by atoms with Crippen molar-refractivity contribution in [3.05, 3.63) is 113 Å². The lowest BCUT2D eigenvalue weighted by molar-refractivity contribution is -0.129. The first-order chi connectivity index (χ1) is 19.3. The lowest BCUT2D eigenvalue weighted by Crippen LogP contribution is -2.51. The Hall–Kier alpha value is -4.69. The molecule has 0 spiro atoms. The molecule has 0 fully saturated rings. The minimum atomic E-state index is -0.724. The SMILES string of the molecule is C[C@H](NC(=O)[C@@H](CCc1ccccc1)NCc1ccc2cc(O)ccc2c1)C(=O)NCc1ccc(C(=N)N)cc1. The fourth-order valence-corrected chi connectivity index (χ4v) is 4.44. The van der Waals surface area contributed by atoms with E-state index in [2.05, 4.69) is 16.0 Å². The Bertz CT molecular complexity index is 1470. The minimum Gasteiger partial charge on any atom is -0.508 e. The summed E-state index contributed by atoms with van der Waals surface area (Å²) in [4.78, 5) is 26.1. The Morgan fingerprint density at radius 3 is 2.23 bits per heavy atom. The van der Waals surface area contributed by atoms with Crippen LogP contribution in [-0.2, 0) is 29.1 Å². The van der Waals surface area contributed by atoms with Gasteiger partial charge in [-0.1, -0.05) is 72.8 Å². The third kappa shape index (κ3) is 7.91. The molecule has 0 saturated heterocycles. The summed E-state index contributed by atoms with van der Waals surface area (Å²) in [6.45, 7) is 2.44. The van der Waals surface area contributed by atoms with Crippen molar-refractivity contribution in [1.29, 1.82) is 5.41 Å². The predicted octanol–water partition coefficient (Wildman–Crippen LogP) is 3.74. The van der Waals surface area contributed by atoms with Crippen LogP contribution in [0.2, 0.25) is 0 Å². The van der Waals surface area contributed by atoms with Crippen LogP contribution in [0.5, 0.6) is 5.75 Å². The molecule has 0 aliphatic rings. The normalized spacial score (nSPS) is 12.4. The molecule has 2 amide bonds. The molecule has 7 N–H and O–H groups in total. The molecular formula is C32H35N5O3. The molecule has 0 saturated carbocycles. The monoisotopic (exact) mass is 537 g/mol. The van der Waals surface area contributed by atoms with Gasteiger partial charge in [0, 0.05) is 18.7 Å². The van der Waals surface area contributed by atoms with Gasteiger partial charge >= 0.3 is 0 Å². The summed E-state index contributed by atoms with van der Waals surface area (Å²) < 4.78 is 0. The third-order valence-corrected chi connectivity index (χ3v) is 6.81. The van der Waals surface area contributed by atoms with Crippen molar-refractivity contribution in [1.82, 2.24) is 16.0 Å². The second-order valence-corrected chi connectivity index (χ2v) is 9.88. The summed E-state index contributed by atoms with van der Waals surface area (Å²) in [6.07, 6.45) is 1.27. The number of carbonyl (C=O) groups excluding carboxylic acids is 2. The number of phenolic OH excluding ortho intramolecular Hbond substituents is 1. The molecule has 0 aliphatic heterocycles. The quantitative estimate of drug-likeness (QED) is 0.121. The summed E-state index contributed by atoms with van der Waals surface area (Å²) in [5, 5.41) is 28.2. The molecule has 2 atom stereocenters. The number of rotatable bonds is 12. The fraction of sp³-hybridized carbons (Fsp3) is 0.219. The van der Waals surface area contributed by atoms with Crippen LogP contribution >= 0.6 is 0 Å². The second-order valence-electron chi connectivity index (χ2n) is 9.88. The summed E-state index contributed by atoms with van der Waals surface area (Å²) in [5.41, 5.74) is 9.12. The second kappa shape index (κ2) is 13.4. The van der Waals surface area contributed by atoms with Gasteiger partial charge in [-0.2, -0.15) is 0 Å². The predicted molar refractivity (Wildman–Crippen MR) is 158 cm³/mol. The molecular weight excluding hydrogens is 502 g/mol. The Kier molecular flexibility index (Phi) is 9.48. The number of amides is 2. The van der Waals surface area contributed by atoms with Crippen molar-refractivity contribution in [2.75, 3.05) is 0 Å². The Balaban J connectivity index is 1.37. The first-order valence-corrected chi connectivity index (χ1v) is 13.3. The van der Waals surface area contributed by atoms with E-state index in [1.807, 2.05) is 54.6 Å². The topological polar surface area (TPSA) is 140 Å². The zero-order chi connectivity index (χ0) is 28.5. The van der Waals surface area contributed by atoms with E-state index in [1.165, 1.54) is 0 Å². The van der Waals surface area contributed by atoms with E-state index in [0.29, 0.717) is 31.5 Å². The number of benzene rings is 4. The molecule has 0 aliphatic carbocycles. The van der Waals surface area contributed by atoms with E-state index >= 15 is 0 Å². The van der Waals surface area contributed by atoms with E-state index in [-0.39, 0.29) is 23.4 Å². The molecule has 0 unspecified atom stereocenters. The van der Waals surface area contributed by atoms with Crippen molar-refractivity contribution >= 4 is 28.4 Å². The average Bonchev–Trinajstić information content (AvgIpc) is 2.96. The third-order valence-electron chi connectivity index (χ3n) is 6.81. The summed E-state index contributed by atoms with van der Waals surface area (Å²) in [7, 11) is 0. The van der Waals surface area contributed by atoms with Gasteiger partial charge < -0.3 is 26.8 Å². The molecule has 4 aromatic rings. The van der Waals surface area contributed by atoms with Gasteiger partial charge in [-0.15, -0.1) is 0 Å². The molecule has 206 valence electrons. The van der Waals surface area contributed by atoms with Crippen LogP contribution in [0.4, 0.5) is 0 Å². The smallest absolute Gasteiger partial charge is 0.242 e. The maximum Gasteiger partial charge on any atom is 0.242 e. The van der Waals surface area contributed by atoms with Crippen LogP contribution in [-0.4, -0.2) is 34.8 Å². The largest absolute Gasteiger partial charge is 0.508 e. The molecule has 0 radical (unpaired) electrons. The molecule has 4 aromatic carbocycles. The number of carbonyl (C=O) groups is 2. The van der Waals surface area contributed by atoms with Gasteiger partial charge in [0.15, 0.2) is 0 Å². The van der Waals surface area contributed by atoms with E-state index in [9.17, 15) is 14.7 Å². The number of nitrogens with one attached hydrogen (secondary N) is 4. The lowest BCUT2D eigenvalue weighted by Gasteiger charge is -2.21. The standard InChI is InChI=1S/C32H35N5O3/c1-21(31(39)36-19-23-7-11-25(12-8-23)30(33)34)37-32(40)29(16-10-22-5-3-2-4-6-22)35-20-24-9-13-27-18-28(38)15-14-26(27)17-24/h2-9,11-15,17-18,21,29,35,38H,10,16,19-20H2,1H3,(H3,33,34)(H,36,39)(H,37,40)/t21-,29+/m0/s1. The number of hydrogen-bond donors (Lipinski definition) is 6. The Morgan fingerprint density at radius 2 is 1.50 bits per heavy atom. The van der Waals surface area contributed by atoms with Gasteiger partial charge in [0.1, 0.15) is 17.6 Å². The molecule has 40 heavy (non-hydrogen) atoms. The maximum atomic E-state index is 13.3. The number of nitrogen functional groups attached to an aromatic ring is 1. The summed E-state index contributed by atoms with van der Waals surface area (Å²) in [6, 6.07) is 27.0. The molecule has 0 heterocycles. The zero-order valence-electron chi connectivity index (χ0n) is 22.5. The van der Waals surface area contributed by atoms with Crippen molar-refractivity contribution in [2.45, 2.75) is 44.9 Å².